The van der Waals surface area contributed by atoms with Gasteiger partial charge >= 0.3 is 0 Å². The fourth-order valence-electron chi connectivity index (χ4n) is 7.26. The van der Waals surface area contributed by atoms with Crippen LogP contribution in [0.4, 0.5) is 0 Å². The van der Waals surface area contributed by atoms with Crippen molar-refractivity contribution in [1.82, 2.24) is 15.5 Å². The molecule has 4 aliphatic rings. The number of phenolic OH excluding ortho intramolecular Hbond substituents is 1. The number of carbonyl (C=O) groups is 4. The highest BCUT2D eigenvalue weighted by Gasteiger charge is 2.56. The zero-order chi connectivity index (χ0) is 39.9. The molecule has 0 spiro atoms. The second-order valence-corrected chi connectivity index (χ2v) is 13.5. The van der Waals surface area contributed by atoms with Gasteiger partial charge in [-0.15, -0.1) is 0 Å². The number of amides is 2. The molecular weight excluding hydrogens is 720 g/mol. The van der Waals surface area contributed by atoms with E-state index in [0.717, 1.165) is 17.1 Å². The van der Waals surface area contributed by atoms with Crippen molar-refractivity contribution in [3.05, 3.63) is 87.3 Å². The topological polar surface area (TPSA) is 289 Å². The number of aliphatic imine (C=N–C) groups is 1. The van der Waals surface area contributed by atoms with Crippen molar-refractivity contribution in [2.24, 2.45) is 22.4 Å². The lowest BCUT2D eigenvalue weighted by Gasteiger charge is -2.49. The highest BCUT2D eigenvalue weighted by Crippen LogP contribution is 2.44. The van der Waals surface area contributed by atoms with E-state index in [-0.39, 0.29) is 70.7 Å². The number of aryl methyl sites for hydroxylation is 1. The number of phenols is 1. The largest absolute Gasteiger partial charge is 0.507 e. The smallest absolute Gasteiger partial charge is 0.253 e. The molecule has 0 aromatic heterocycles. The van der Waals surface area contributed by atoms with E-state index in [0.29, 0.717) is 11.1 Å². The number of nitrogens with zero attached hydrogens (tertiary/aromatic N) is 2. The molecule has 11 N–H and O–H groups in total. The van der Waals surface area contributed by atoms with Gasteiger partial charge in [0.05, 0.1) is 30.7 Å². The van der Waals surface area contributed by atoms with E-state index in [1.165, 1.54) is 38.4 Å². The Hall–Kier alpha value is -5.79. The summed E-state index contributed by atoms with van der Waals surface area (Å²) < 4.78 is 17.3. The molecule has 3 aliphatic heterocycles. The molecular formula is C37H42N6O12. The maximum atomic E-state index is 14.2. The summed E-state index contributed by atoms with van der Waals surface area (Å²) in [6, 6.07) is 4.03. The average molecular weight is 763 g/mol. The van der Waals surface area contributed by atoms with Crippen molar-refractivity contribution in [3.8, 4) is 17.2 Å². The van der Waals surface area contributed by atoms with Crippen molar-refractivity contribution < 1.29 is 58.9 Å². The molecule has 2 amide bonds. The molecule has 292 valence electrons. The Labute approximate surface area is 314 Å². The number of fused-ring (bicyclic) bond motifs is 2. The van der Waals surface area contributed by atoms with Crippen LogP contribution in [0.15, 0.2) is 58.9 Å². The van der Waals surface area contributed by atoms with E-state index in [1.54, 1.807) is 13.0 Å². The summed E-state index contributed by atoms with van der Waals surface area (Å²) in [6.45, 7) is 0.742. The molecule has 6 atom stereocenters. The first-order chi connectivity index (χ1) is 26.1. The number of methoxy groups -OCH3 is 1. The third-order valence-corrected chi connectivity index (χ3v) is 10.3. The lowest BCUT2D eigenvalue weighted by atomic mass is 9.75. The number of rotatable bonds is 11. The van der Waals surface area contributed by atoms with E-state index in [1.807, 2.05) is 0 Å². The fraction of sp³-hybridized carbons (Fsp3) is 0.378. The van der Waals surface area contributed by atoms with Crippen LogP contribution in [0, 0.1) is 12.8 Å². The summed E-state index contributed by atoms with van der Waals surface area (Å²) in [5.41, 5.74) is 9.74. The van der Waals surface area contributed by atoms with E-state index >= 15 is 0 Å². The molecule has 0 unspecified atom stereocenters. The highest BCUT2D eigenvalue weighted by molar-refractivity contribution is 6.30. The molecule has 6 rings (SSSR count). The van der Waals surface area contributed by atoms with Crippen LogP contribution in [0.25, 0.3) is 0 Å². The van der Waals surface area contributed by atoms with Gasteiger partial charge in [0.25, 0.3) is 11.8 Å². The molecule has 3 heterocycles. The number of aliphatic hydroxyl groups is 4. The Kier molecular flexibility index (Phi) is 10.7. The normalized spacial score (nSPS) is 25.5. The number of benzene rings is 2. The molecule has 0 radical (unpaired) electrons. The van der Waals surface area contributed by atoms with Crippen LogP contribution < -0.4 is 31.6 Å². The number of ketones is 2. The first-order valence-corrected chi connectivity index (χ1v) is 17.2. The molecule has 0 saturated carbocycles. The quantitative estimate of drug-likeness (QED) is 0.0600. The molecule has 18 nitrogen and oxygen atoms in total. The van der Waals surface area contributed by atoms with Crippen LogP contribution in [-0.4, -0.2) is 124 Å². The summed E-state index contributed by atoms with van der Waals surface area (Å²) in [5, 5.41) is 62.6. The second-order valence-electron chi connectivity index (χ2n) is 13.5. The number of nitrogens with two attached hydrogens (primary N) is 2. The van der Waals surface area contributed by atoms with Gasteiger partial charge in [-0.25, -0.2) is 0 Å². The van der Waals surface area contributed by atoms with Gasteiger partial charge < -0.3 is 61.8 Å². The highest BCUT2D eigenvalue weighted by atomic mass is 16.7. The number of hydrogen-bond acceptors (Lipinski definition) is 15. The molecule has 1 fully saturated rings. The van der Waals surface area contributed by atoms with E-state index < -0.39 is 78.3 Å². The molecule has 55 heavy (non-hydrogen) atoms. The van der Waals surface area contributed by atoms with Crippen LogP contribution in [0.2, 0.25) is 0 Å². The van der Waals surface area contributed by atoms with Crippen molar-refractivity contribution in [2.75, 3.05) is 33.9 Å². The zero-order valence-electron chi connectivity index (χ0n) is 30.1. The lowest BCUT2D eigenvalue weighted by molar-refractivity contribution is -0.316. The molecule has 2 aromatic rings. The van der Waals surface area contributed by atoms with Crippen molar-refractivity contribution in [1.29, 1.82) is 0 Å². The molecule has 1 aliphatic carbocycles. The maximum absolute atomic E-state index is 14.2. The lowest BCUT2D eigenvalue weighted by Crippen LogP contribution is -2.68. The van der Waals surface area contributed by atoms with E-state index in [4.69, 9.17) is 25.7 Å². The molecule has 2 aromatic carbocycles. The predicted octanol–water partition coefficient (Wildman–Crippen LogP) is -1.67. The second kappa shape index (κ2) is 15.2. The Balaban J connectivity index is 1.33. The summed E-state index contributed by atoms with van der Waals surface area (Å²) in [4.78, 5) is 57.9. The Morgan fingerprint density at radius 3 is 2.45 bits per heavy atom. The number of guanidine groups is 1. The third kappa shape index (κ3) is 7.01. The Bertz CT molecular complexity index is 2060. The number of allylic oxidation sites excluding steroid dienone is 1. The number of carbonyl (C=O) groups excluding carboxylic acids is 4. The summed E-state index contributed by atoms with van der Waals surface area (Å²) >= 11 is 0. The van der Waals surface area contributed by atoms with Crippen molar-refractivity contribution >= 4 is 29.3 Å². The van der Waals surface area contributed by atoms with Crippen LogP contribution in [0.1, 0.15) is 49.4 Å². The standard InChI is InChI=1S/C37H42N6O12/c1-16-8-20-29(31(48)22(16)13-42-36(39)40-2)32(49)28-21(30(20)47)10-19(53-3)11-23(28)54-35-33(50)34(51)37(52,24(15-44)55-35)12-18(17-6-7-41-25(38)9-17)14-43-26(45)4-5-27(43)46/h4-6,8-11,18,24,33-35,41,44,48,50-52H,7,12-15,38H2,1-3H3,(H3,39,40,42)/t18-,24-,33-,34-,35-,37-/m1/s1. The number of hydrogen-bond donors (Lipinski definition) is 9. The number of imide groups is 1. The first-order valence-electron chi connectivity index (χ1n) is 17.2. The van der Waals surface area contributed by atoms with Gasteiger partial charge in [0.2, 0.25) is 12.1 Å². The molecule has 0 bridgehead atoms. The fourth-order valence-corrected chi connectivity index (χ4v) is 7.26. The van der Waals surface area contributed by atoms with Gasteiger partial charge in [-0.1, -0.05) is 6.08 Å². The van der Waals surface area contributed by atoms with Crippen LogP contribution >= 0.6 is 0 Å². The summed E-state index contributed by atoms with van der Waals surface area (Å²) in [7, 11) is 2.77. The van der Waals surface area contributed by atoms with Crippen molar-refractivity contribution in [3.63, 3.8) is 0 Å². The number of nitrogens with one attached hydrogen (secondary N) is 2. The van der Waals surface area contributed by atoms with Gasteiger partial charge in [-0.2, -0.15) is 0 Å². The molecule has 18 heteroatoms. The zero-order valence-corrected chi connectivity index (χ0v) is 30.1. The minimum absolute atomic E-state index is 0.0277. The SMILES string of the molecule is CN=C(N)NCc1c(C)cc2c(c1O)C(=O)c1c(O[C@@H]3O[C@H](CO)[C@](O)(C[C@H](CN4C(=O)C=CC4=O)C4=CCNC(N)=C4)[C@H](O)[C@H]3O)cc(OC)cc1C2=O. The van der Waals surface area contributed by atoms with Crippen LogP contribution in [0.5, 0.6) is 17.2 Å². The van der Waals surface area contributed by atoms with Gasteiger partial charge in [0.15, 0.2) is 11.7 Å². The van der Waals surface area contributed by atoms with E-state index in [2.05, 4.69) is 15.6 Å². The van der Waals surface area contributed by atoms with Crippen LogP contribution in [0.3, 0.4) is 0 Å². The third-order valence-electron chi connectivity index (χ3n) is 10.3. The molecule has 1 saturated heterocycles. The van der Waals surface area contributed by atoms with Crippen molar-refractivity contribution in [2.45, 2.75) is 50.1 Å². The summed E-state index contributed by atoms with van der Waals surface area (Å²) in [6.07, 6.45) is -2.62. The number of ether oxygens (including phenoxy) is 3. The number of dihydropyridines is 1. The minimum Gasteiger partial charge on any atom is -0.507 e. The first kappa shape index (κ1) is 38.9. The maximum Gasteiger partial charge on any atom is 0.253 e. The minimum atomic E-state index is -2.41. The van der Waals surface area contributed by atoms with Gasteiger partial charge in [0.1, 0.15) is 41.2 Å². The number of aliphatic hydroxyl groups excluding tert-OH is 3. The summed E-state index contributed by atoms with van der Waals surface area (Å²) in [5.74, 6) is -3.92. The van der Waals surface area contributed by atoms with E-state index in [9.17, 15) is 44.7 Å². The Morgan fingerprint density at radius 1 is 1.13 bits per heavy atom. The number of aromatic hydroxyl groups is 1. The predicted molar refractivity (Wildman–Crippen MR) is 193 cm³/mol. The average Bonchev–Trinajstić information content (AvgIpc) is 3.48. The monoisotopic (exact) mass is 762 g/mol. The van der Waals surface area contributed by atoms with Gasteiger partial charge in [0, 0.05) is 67.5 Å². The van der Waals surface area contributed by atoms with Gasteiger partial charge in [-0.05, 0) is 42.7 Å². The van der Waals surface area contributed by atoms with Gasteiger partial charge in [-0.3, -0.25) is 29.1 Å². The Morgan fingerprint density at radius 2 is 1.82 bits per heavy atom. The van der Waals surface area contributed by atoms with Crippen LogP contribution in [-0.2, 0) is 20.9 Å².